The van der Waals surface area contributed by atoms with E-state index < -0.39 is 0 Å². The maximum Gasteiger partial charge on any atom is 0.0593 e. The van der Waals surface area contributed by atoms with Crippen LogP contribution in [0.1, 0.15) is 48.4 Å². The van der Waals surface area contributed by atoms with Crippen molar-refractivity contribution in [2.45, 2.75) is 51.7 Å². The lowest BCUT2D eigenvalue weighted by Crippen LogP contribution is -2.33. The van der Waals surface area contributed by atoms with Crippen molar-refractivity contribution in [2.75, 3.05) is 6.61 Å². The lowest BCUT2D eigenvalue weighted by molar-refractivity contribution is 0.00499. The third kappa shape index (κ3) is 3.10. The third-order valence-corrected chi connectivity index (χ3v) is 4.00. The van der Waals surface area contributed by atoms with Gasteiger partial charge in [-0.15, -0.1) is 0 Å². The first-order valence-corrected chi connectivity index (χ1v) is 6.86. The molecular weight excluding hydrogens is 224 g/mol. The fraction of sp³-hybridized carbons (Fsp3) is 0.600. The minimum Gasteiger partial charge on any atom is -0.378 e. The molecule has 1 aromatic carbocycles. The van der Waals surface area contributed by atoms with E-state index in [1.807, 2.05) is 0 Å². The van der Waals surface area contributed by atoms with Gasteiger partial charge >= 0.3 is 0 Å². The number of hydrogen-bond donors (Lipinski definition) is 2. The number of hydrazine groups is 1. The zero-order chi connectivity index (χ0) is 13.0. The first-order chi connectivity index (χ1) is 8.72. The van der Waals surface area contributed by atoms with Gasteiger partial charge in [0.2, 0.25) is 0 Å². The SMILES string of the molecule is Cc1cccc(C(CC2CCCCO2)NN)c1C. The molecule has 0 saturated carbocycles. The lowest BCUT2D eigenvalue weighted by Gasteiger charge is -2.28. The van der Waals surface area contributed by atoms with E-state index in [2.05, 4.69) is 37.5 Å². The van der Waals surface area contributed by atoms with Crippen molar-refractivity contribution in [3.8, 4) is 0 Å². The summed E-state index contributed by atoms with van der Waals surface area (Å²) < 4.78 is 5.81. The molecule has 1 aliphatic heterocycles. The molecule has 3 heteroatoms. The van der Waals surface area contributed by atoms with Gasteiger partial charge in [0.25, 0.3) is 0 Å². The summed E-state index contributed by atoms with van der Waals surface area (Å²) in [6.07, 6.45) is 4.93. The highest BCUT2D eigenvalue weighted by Crippen LogP contribution is 2.27. The molecule has 3 nitrogen and oxygen atoms in total. The highest BCUT2D eigenvalue weighted by molar-refractivity contribution is 5.35. The minimum absolute atomic E-state index is 0.188. The monoisotopic (exact) mass is 248 g/mol. The fourth-order valence-electron chi connectivity index (χ4n) is 2.69. The standard InChI is InChI=1S/C15H24N2O/c1-11-6-5-8-14(12(11)2)15(17-16)10-13-7-3-4-9-18-13/h5-6,8,13,15,17H,3-4,7,9-10,16H2,1-2H3. The van der Waals surface area contributed by atoms with Crippen LogP contribution in [-0.2, 0) is 4.74 Å². The molecule has 2 rings (SSSR count). The molecule has 1 heterocycles. The quantitative estimate of drug-likeness (QED) is 0.636. The van der Waals surface area contributed by atoms with E-state index in [-0.39, 0.29) is 6.04 Å². The van der Waals surface area contributed by atoms with Crippen LogP contribution in [0.4, 0.5) is 0 Å². The molecule has 0 aromatic heterocycles. The van der Waals surface area contributed by atoms with Crippen LogP contribution in [0.5, 0.6) is 0 Å². The molecule has 0 bridgehead atoms. The smallest absolute Gasteiger partial charge is 0.0593 e. The zero-order valence-corrected chi connectivity index (χ0v) is 11.4. The zero-order valence-electron chi connectivity index (χ0n) is 11.4. The van der Waals surface area contributed by atoms with E-state index in [9.17, 15) is 0 Å². The highest BCUT2D eigenvalue weighted by Gasteiger charge is 2.21. The van der Waals surface area contributed by atoms with Gasteiger partial charge in [-0.2, -0.15) is 0 Å². The summed E-state index contributed by atoms with van der Waals surface area (Å²) in [6, 6.07) is 6.59. The normalized spacial score (nSPS) is 21.8. The van der Waals surface area contributed by atoms with Crippen molar-refractivity contribution in [1.29, 1.82) is 0 Å². The van der Waals surface area contributed by atoms with Crippen LogP contribution in [0.25, 0.3) is 0 Å². The van der Waals surface area contributed by atoms with Crippen molar-refractivity contribution < 1.29 is 4.74 Å². The van der Waals surface area contributed by atoms with Gasteiger partial charge in [0.05, 0.1) is 6.10 Å². The molecule has 1 aliphatic rings. The molecule has 2 atom stereocenters. The maximum atomic E-state index is 5.81. The second kappa shape index (κ2) is 6.32. The van der Waals surface area contributed by atoms with Gasteiger partial charge in [-0.25, -0.2) is 0 Å². The van der Waals surface area contributed by atoms with E-state index >= 15 is 0 Å². The van der Waals surface area contributed by atoms with Gasteiger partial charge in [0.1, 0.15) is 0 Å². The number of nitrogens with one attached hydrogen (secondary N) is 1. The maximum absolute atomic E-state index is 5.81. The molecule has 100 valence electrons. The largest absolute Gasteiger partial charge is 0.378 e. The van der Waals surface area contributed by atoms with Crippen LogP contribution >= 0.6 is 0 Å². The Kier molecular flexibility index (Phi) is 4.75. The second-order valence-electron chi connectivity index (χ2n) is 5.23. The Balaban J connectivity index is 2.09. The summed E-state index contributed by atoms with van der Waals surface area (Å²) >= 11 is 0. The van der Waals surface area contributed by atoms with Crippen molar-refractivity contribution in [2.24, 2.45) is 5.84 Å². The Bertz CT molecular complexity index is 386. The summed E-state index contributed by atoms with van der Waals surface area (Å²) in [6.45, 7) is 5.20. The van der Waals surface area contributed by atoms with Crippen LogP contribution in [0.3, 0.4) is 0 Å². The van der Waals surface area contributed by atoms with E-state index in [1.165, 1.54) is 29.5 Å². The lowest BCUT2D eigenvalue weighted by atomic mass is 9.92. The average molecular weight is 248 g/mol. The van der Waals surface area contributed by atoms with Crippen molar-refractivity contribution in [3.63, 3.8) is 0 Å². The summed E-state index contributed by atoms with van der Waals surface area (Å²) in [5.41, 5.74) is 6.90. The van der Waals surface area contributed by atoms with Crippen LogP contribution in [-0.4, -0.2) is 12.7 Å². The predicted molar refractivity (Wildman–Crippen MR) is 74.2 cm³/mol. The average Bonchev–Trinajstić information content (AvgIpc) is 2.41. The molecular formula is C15H24N2O. The second-order valence-corrected chi connectivity index (χ2v) is 5.23. The summed E-state index contributed by atoms with van der Waals surface area (Å²) in [7, 11) is 0. The van der Waals surface area contributed by atoms with Crippen LogP contribution in [0.2, 0.25) is 0 Å². The Morgan fingerprint density at radius 2 is 2.22 bits per heavy atom. The molecule has 1 fully saturated rings. The van der Waals surface area contributed by atoms with Gasteiger partial charge in [-0.05, 0) is 56.2 Å². The Morgan fingerprint density at radius 3 is 2.89 bits per heavy atom. The number of nitrogens with two attached hydrogens (primary N) is 1. The fourth-order valence-corrected chi connectivity index (χ4v) is 2.69. The van der Waals surface area contributed by atoms with Crippen molar-refractivity contribution >= 4 is 0 Å². The first-order valence-electron chi connectivity index (χ1n) is 6.86. The molecule has 0 amide bonds. The van der Waals surface area contributed by atoms with Gasteiger partial charge in [0, 0.05) is 12.6 Å². The Hall–Kier alpha value is -0.900. The summed E-state index contributed by atoms with van der Waals surface area (Å²) in [4.78, 5) is 0. The number of rotatable bonds is 4. The van der Waals surface area contributed by atoms with Gasteiger partial charge in [-0.3, -0.25) is 11.3 Å². The summed E-state index contributed by atoms with van der Waals surface area (Å²) in [5, 5.41) is 0. The van der Waals surface area contributed by atoms with Crippen molar-refractivity contribution in [3.05, 3.63) is 34.9 Å². The number of benzene rings is 1. The van der Waals surface area contributed by atoms with Gasteiger partial charge in [0.15, 0.2) is 0 Å². The first kappa shape index (κ1) is 13.5. The van der Waals surface area contributed by atoms with Crippen LogP contribution in [0.15, 0.2) is 18.2 Å². The number of hydrogen-bond acceptors (Lipinski definition) is 3. The molecule has 18 heavy (non-hydrogen) atoms. The molecule has 1 saturated heterocycles. The molecule has 0 spiro atoms. The van der Waals surface area contributed by atoms with E-state index in [0.29, 0.717) is 6.10 Å². The molecule has 1 aromatic rings. The van der Waals surface area contributed by atoms with E-state index in [0.717, 1.165) is 19.4 Å². The summed E-state index contributed by atoms with van der Waals surface area (Å²) in [5.74, 6) is 5.74. The Morgan fingerprint density at radius 1 is 1.39 bits per heavy atom. The van der Waals surface area contributed by atoms with E-state index in [4.69, 9.17) is 10.6 Å². The minimum atomic E-state index is 0.188. The molecule has 3 N–H and O–H groups in total. The number of ether oxygens (including phenoxy) is 1. The number of aryl methyl sites for hydroxylation is 1. The molecule has 2 unspecified atom stereocenters. The topological polar surface area (TPSA) is 47.3 Å². The third-order valence-electron chi connectivity index (χ3n) is 4.00. The van der Waals surface area contributed by atoms with Crippen LogP contribution < -0.4 is 11.3 Å². The van der Waals surface area contributed by atoms with Gasteiger partial charge < -0.3 is 4.74 Å². The van der Waals surface area contributed by atoms with Crippen LogP contribution in [0, 0.1) is 13.8 Å². The van der Waals surface area contributed by atoms with Crippen molar-refractivity contribution in [1.82, 2.24) is 5.43 Å². The van der Waals surface area contributed by atoms with E-state index in [1.54, 1.807) is 0 Å². The highest BCUT2D eigenvalue weighted by atomic mass is 16.5. The molecule has 0 radical (unpaired) electrons. The Labute approximate surface area is 110 Å². The van der Waals surface area contributed by atoms with Gasteiger partial charge in [-0.1, -0.05) is 18.2 Å². The predicted octanol–water partition coefficient (Wildman–Crippen LogP) is 2.77. The molecule has 0 aliphatic carbocycles.